The van der Waals surface area contributed by atoms with Gasteiger partial charge in [0.25, 0.3) is 0 Å². The molecule has 172 valence electrons. The highest BCUT2D eigenvalue weighted by Crippen LogP contribution is 2.64. The van der Waals surface area contributed by atoms with Gasteiger partial charge < -0.3 is 0 Å². The lowest BCUT2D eigenvalue weighted by atomic mass is 9.49. The first-order valence-electron chi connectivity index (χ1n) is 13.0. The summed E-state index contributed by atoms with van der Waals surface area (Å²) in [6.45, 7) is 5.20. The van der Waals surface area contributed by atoms with E-state index < -0.39 is 0 Å². The van der Waals surface area contributed by atoms with Crippen LogP contribution in [-0.2, 0) is 11.3 Å². The summed E-state index contributed by atoms with van der Waals surface area (Å²) in [5.74, 6) is 5.89. The average molecular weight is 454 g/mol. The molecule has 5 heteroatoms. The Morgan fingerprint density at radius 3 is 2.72 bits per heavy atom. The molecule has 4 saturated carbocycles. The number of carbonyl (C=O) groups is 1. The molecule has 0 spiro atoms. The van der Waals surface area contributed by atoms with Crippen LogP contribution in [0.2, 0.25) is 5.02 Å². The molecule has 0 aliphatic heterocycles. The molecule has 4 nitrogen and oxygen atoms in total. The van der Waals surface area contributed by atoms with Crippen LogP contribution >= 0.6 is 11.6 Å². The fraction of sp³-hybridized carbons (Fsp3) is 0.741. The zero-order chi connectivity index (χ0) is 22.0. The molecule has 8 atom stereocenters. The average Bonchev–Trinajstić information content (AvgIpc) is 3.32. The summed E-state index contributed by atoms with van der Waals surface area (Å²) in [6.07, 6.45) is 12.1. The highest BCUT2D eigenvalue weighted by Gasteiger charge is 2.58. The number of aromatic nitrogens is 3. The lowest BCUT2D eigenvalue weighted by molar-refractivity contribution is -0.131. The molecule has 1 heterocycles. The molecule has 1 aromatic heterocycles. The van der Waals surface area contributed by atoms with E-state index in [9.17, 15) is 4.79 Å². The van der Waals surface area contributed by atoms with E-state index in [1.807, 2.05) is 18.2 Å². The Balaban J connectivity index is 1.19. The summed E-state index contributed by atoms with van der Waals surface area (Å²) < 4.78 is 0. The summed E-state index contributed by atoms with van der Waals surface area (Å²) in [5.41, 5.74) is 1.74. The van der Waals surface area contributed by atoms with Crippen LogP contribution in [0.25, 0.3) is 11.0 Å². The molecule has 4 fully saturated rings. The van der Waals surface area contributed by atoms with Crippen LogP contribution in [0, 0.1) is 46.8 Å². The van der Waals surface area contributed by atoms with Gasteiger partial charge in [0.05, 0.1) is 0 Å². The Hall–Kier alpha value is -1.42. The summed E-state index contributed by atoms with van der Waals surface area (Å²) in [7, 11) is 0. The molecule has 0 saturated heterocycles. The van der Waals surface area contributed by atoms with E-state index >= 15 is 0 Å². The topological polar surface area (TPSA) is 47.8 Å². The van der Waals surface area contributed by atoms with Crippen molar-refractivity contribution in [3.63, 3.8) is 0 Å². The van der Waals surface area contributed by atoms with Crippen LogP contribution in [-0.4, -0.2) is 20.8 Å². The molecular weight excluding hydrogens is 418 g/mol. The predicted molar refractivity (Wildman–Crippen MR) is 127 cm³/mol. The number of hydrogen-bond acceptors (Lipinski definition) is 3. The highest BCUT2D eigenvalue weighted by molar-refractivity contribution is 6.31. The highest BCUT2D eigenvalue weighted by atomic mass is 35.5. The number of benzene rings is 1. The quantitative estimate of drug-likeness (QED) is 0.528. The SMILES string of the molecule is CC1CCC2C(CCC3C2CCC2(C)C(C(=O)Cn4nc5ccc(Cl)cc5n4)CCC32)C1. The van der Waals surface area contributed by atoms with Gasteiger partial charge in [0.1, 0.15) is 17.6 Å². The molecule has 32 heavy (non-hydrogen) atoms. The van der Waals surface area contributed by atoms with E-state index in [1.54, 1.807) is 4.80 Å². The third-order valence-corrected chi connectivity index (χ3v) is 10.5. The van der Waals surface area contributed by atoms with Gasteiger partial charge in [-0.1, -0.05) is 31.9 Å². The van der Waals surface area contributed by atoms with Gasteiger partial charge in [-0.2, -0.15) is 15.0 Å². The van der Waals surface area contributed by atoms with Gasteiger partial charge in [-0.25, -0.2) is 0 Å². The molecular formula is C27H36ClN3O. The van der Waals surface area contributed by atoms with Crippen molar-refractivity contribution in [2.24, 2.45) is 46.8 Å². The maximum atomic E-state index is 13.5. The smallest absolute Gasteiger partial charge is 0.159 e. The van der Waals surface area contributed by atoms with E-state index in [2.05, 4.69) is 24.0 Å². The summed E-state index contributed by atoms with van der Waals surface area (Å²) in [4.78, 5) is 15.1. The van der Waals surface area contributed by atoms with E-state index in [0.29, 0.717) is 10.8 Å². The molecule has 4 aliphatic carbocycles. The predicted octanol–water partition coefficient (Wildman–Crippen LogP) is 6.56. The van der Waals surface area contributed by atoms with E-state index in [0.717, 1.165) is 53.0 Å². The summed E-state index contributed by atoms with van der Waals surface area (Å²) >= 11 is 6.09. The monoisotopic (exact) mass is 453 g/mol. The molecule has 4 aliphatic rings. The normalized spacial score (nSPS) is 41.2. The lowest BCUT2D eigenvalue weighted by Gasteiger charge is -2.56. The minimum absolute atomic E-state index is 0.162. The standard InChI is InChI=1S/C27H36ClN3O/c1-16-3-6-19-17(13-16)4-7-21-20(19)11-12-27(2)22(21)8-9-23(27)26(32)15-31-29-24-10-5-18(28)14-25(24)30-31/h5,10,14,16-17,19-23H,3-4,6-9,11-13,15H2,1-2H3. The van der Waals surface area contributed by atoms with Crippen molar-refractivity contribution in [2.75, 3.05) is 0 Å². The summed E-state index contributed by atoms with van der Waals surface area (Å²) in [6, 6.07) is 5.52. The van der Waals surface area contributed by atoms with Crippen LogP contribution in [0.5, 0.6) is 0 Å². The Labute approximate surface area is 196 Å². The van der Waals surface area contributed by atoms with E-state index in [-0.39, 0.29) is 17.9 Å². The second kappa shape index (κ2) is 7.82. The van der Waals surface area contributed by atoms with Crippen molar-refractivity contribution in [3.8, 4) is 0 Å². The number of fused-ring (bicyclic) bond motifs is 6. The Kier molecular flexibility index (Phi) is 5.17. The third-order valence-electron chi connectivity index (χ3n) is 10.3. The summed E-state index contributed by atoms with van der Waals surface area (Å²) in [5, 5.41) is 9.72. The van der Waals surface area contributed by atoms with Crippen molar-refractivity contribution < 1.29 is 4.79 Å². The van der Waals surface area contributed by atoms with E-state index in [4.69, 9.17) is 11.6 Å². The van der Waals surface area contributed by atoms with Gasteiger partial charge in [-0.05, 0) is 110 Å². The van der Waals surface area contributed by atoms with Gasteiger partial charge in [-0.15, -0.1) is 0 Å². The molecule has 6 rings (SSSR count). The largest absolute Gasteiger partial charge is 0.297 e. The second-order valence-corrected chi connectivity index (χ2v) is 12.3. The van der Waals surface area contributed by atoms with Crippen molar-refractivity contribution in [2.45, 2.75) is 78.2 Å². The fourth-order valence-electron chi connectivity index (χ4n) is 8.87. The van der Waals surface area contributed by atoms with E-state index in [1.165, 1.54) is 51.4 Å². The number of carbonyl (C=O) groups excluding carboxylic acids is 1. The van der Waals surface area contributed by atoms with Gasteiger partial charge in [0, 0.05) is 10.9 Å². The molecule has 0 N–H and O–H groups in total. The van der Waals surface area contributed by atoms with Crippen LogP contribution in [0.3, 0.4) is 0 Å². The van der Waals surface area contributed by atoms with Gasteiger partial charge in [0.2, 0.25) is 0 Å². The Morgan fingerprint density at radius 1 is 1.03 bits per heavy atom. The maximum Gasteiger partial charge on any atom is 0.159 e. The molecule has 2 aromatic rings. The van der Waals surface area contributed by atoms with Crippen LogP contribution < -0.4 is 0 Å². The number of ketones is 1. The third kappa shape index (κ3) is 3.35. The maximum absolute atomic E-state index is 13.5. The Morgan fingerprint density at radius 2 is 1.84 bits per heavy atom. The van der Waals surface area contributed by atoms with Crippen LogP contribution in [0.1, 0.15) is 71.6 Å². The van der Waals surface area contributed by atoms with Crippen LogP contribution in [0.15, 0.2) is 18.2 Å². The number of halogens is 1. The number of rotatable bonds is 3. The van der Waals surface area contributed by atoms with Gasteiger partial charge >= 0.3 is 0 Å². The molecule has 0 radical (unpaired) electrons. The minimum atomic E-state index is 0.162. The lowest BCUT2D eigenvalue weighted by Crippen LogP contribution is -2.49. The van der Waals surface area contributed by atoms with Crippen molar-refractivity contribution >= 4 is 28.4 Å². The molecule has 0 amide bonds. The first-order chi connectivity index (χ1) is 15.4. The zero-order valence-electron chi connectivity index (χ0n) is 19.5. The van der Waals surface area contributed by atoms with Gasteiger partial charge in [0.15, 0.2) is 5.78 Å². The minimum Gasteiger partial charge on any atom is -0.297 e. The van der Waals surface area contributed by atoms with Crippen LogP contribution in [0.4, 0.5) is 0 Å². The van der Waals surface area contributed by atoms with Gasteiger partial charge in [-0.3, -0.25) is 4.79 Å². The fourth-order valence-corrected chi connectivity index (χ4v) is 9.04. The molecule has 0 bridgehead atoms. The zero-order valence-corrected chi connectivity index (χ0v) is 20.2. The number of nitrogens with zero attached hydrogens (tertiary/aromatic N) is 3. The molecule has 1 aromatic carbocycles. The number of Topliss-reactive ketones (excluding diaryl/α,β-unsaturated/α-hetero) is 1. The second-order valence-electron chi connectivity index (χ2n) is 11.9. The first-order valence-corrected chi connectivity index (χ1v) is 13.3. The van der Waals surface area contributed by atoms with Crippen molar-refractivity contribution in [1.82, 2.24) is 15.0 Å². The Bertz CT molecular complexity index is 1030. The van der Waals surface area contributed by atoms with Crippen molar-refractivity contribution in [3.05, 3.63) is 23.2 Å². The van der Waals surface area contributed by atoms with Crippen molar-refractivity contribution in [1.29, 1.82) is 0 Å². The first kappa shape index (κ1) is 21.1. The number of hydrogen-bond donors (Lipinski definition) is 0. The molecule has 8 unspecified atom stereocenters.